The highest BCUT2D eigenvalue weighted by atomic mass is 16.5. The van der Waals surface area contributed by atoms with Crippen LogP contribution < -0.4 is 15.0 Å². The number of hydrogen-bond donors (Lipinski definition) is 1. The highest BCUT2D eigenvalue weighted by Gasteiger charge is 2.22. The van der Waals surface area contributed by atoms with Gasteiger partial charge in [0.05, 0.1) is 7.11 Å². The average Bonchev–Trinajstić information content (AvgIpc) is 3.09. The molecule has 0 aliphatic carbocycles. The third-order valence-corrected chi connectivity index (χ3v) is 4.91. The Hall–Kier alpha value is -3.16. The first-order valence-electron chi connectivity index (χ1n) is 9.03. The molecule has 27 heavy (non-hydrogen) atoms. The van der Waals surface area contributed by atoms with E-state index in [-0.39, 0.29) is 11.9 Å². The van der Waals surface area contributed by atoms with Gasteiger partial charge in [0, 0.05) is 24.7 Å². The van der Waals surface area contributed by atoms with E-state index in [0.717, 1.165) is 49.0 Å². The summed E-state index contributed by atoms with van der Waals surface area (Å²) in [6.45, 7) is 3.57. The van der Waals surface area contributed by atoms with Crippen LogP contribution in [0.1, 0.15) is 29.0 Å². The third kappa shape index (κ3) is 3.55. The van der Waals surface area contributed by atoms with Gasteiger partial charge >= 0.3 is 0 Å². The zero-order valence-electron chi connectivity index (χ0n) is 15.4. The van der Waals surface area contributed by atoms with Crippen LogP contribution in [0.5, 0.6) is 5.75 Å². The number of nitrogens with zero attached hydrogens (tertiary/aromatic N) is 5. The maximum atomic E-state index is 12.4. The van der Waals surface area contributed by atoms with E-state index >= 15 is 0 Å². The Labute approximate surface area is 157 Å². The molecule has 1 aliphatic heterocycles. The number of anilines is 1. The molecular weight excluding hydrogens is 344 g/mol. The van der Waals surface area contributed by atoms with E-state index in [2.05, 4.69) is 25.5 Å². The molecule has 3 heterocycles. The summed E-state index contributed by atoms with van der Waals surface area (Å²) in [6, 6.07) is 11.2. The van der Waals surface area contributed by atoms with Gasteiger partial charge < -0.3 is 15.0 Å². The minimum atomic E-state index is -0.0456. The number of rotatable bonds is 4. The highest BCUT2D eigenvalue weighted by molar-refractivity contribution is 5.94. The molecular formula is C19H22N6O2. The number of piperidine rings is 1. The van der Waals surface area contributed by atoms with Crippen molar-refractivity contribution in [3.05, 3.63) is 47.8 Å². The second-order valence-electron chi connectivity index (χ2n) is 6.67. The first-order chi connectivity index (χ1) is 13.1. The molecule has 0 spiro atoms. The Morgan fingerprint density at radius 1 is 1.11 bits per heavy atom. The highest BCUT2D eigenvalue weighted by Crippen LogP contribution is 2.19. The molecule has 0 bridgehead atoms. The normalized spacial score (nSPS) is 15.1. The average molecular weight is 366 g/mol. The van der Waals surface area contributed by atoms with Crippen molar-refractivity contribution < 1.29 is 9.53 Å². The van der Waals surface area contributed by atoms with E-state index in [0.29, 0.717) is 5.56 Å². The predicted molar refractivity (Wildman–Crippen MR) is 101 cm³/mol. The van der Waals surface area contributed by atoms with Crippen LogP contribution in [0.25, 0.3) is 5.65 Å². The van der Waals surface area contributed by atoms with Crippen LogP contribution in [0.4, 0.5) is 5.82 Å². The summed E-state index contributed by atoms with van der Waals surface area (Å²) in [5, 5.41) is 15.9. The lowest BCUT2D eigenvalue weighted by Gasteiger charge is -2.33. The van der Waals surface area contributed by atoms with Gasteiger partial charge in [-0.2, -0.15) is 4.52 Å². The molecule has 140 valence electrons. The van der Waals surface area contributed by atoms with Crippen LogP contribution in [0.2, 0.25) is 0 Å². The van der Waals surface area contributed by atoms with Crippen LogP contribution in [-0.4, -0.2) is 52.0 Å². The van der Waals surface area contributed by atoms with Crippen molar-refractivity contribution in [3.63, 3.8) is 0 Å². The topological polar surface area (TPSA) is 84.6 Å². The van der Waals surface area contributed by atoms with Gasteiger partial charge in [-0.15, -0.1) is 15.3 Å². The summed E-state index contributed by atoms with van der Waals surface area (Å²) in [5.74, 6) is 2.38. The van der Waals surface area contributed by atoms with Crippen molar-refractivity contribution in [3.8, 4) is 5.75 Å². The Morgan fingerprint density at radius 2 is 1.85 bits per heavy atom. The Balaban J connectivity index is 1.36. The molecule has 8 heteroatoms. The number of aryl methyl sites for hydroxylation is 1. The van der Waals surface area contributed by atoms with Gasteiger partial charge in [0.2, 0.25) is 0 Å². The summed E-state index contributed by atoms with van der Waals surface area (Å²) in [6.07, 6.45) is 1.76. The summed E-state index contributed by atoms with van der Waals surface area (Å²) < 4.78 is 6.89. The fourth-order valence-corrected chi connectivity index (χ4v) is 3.32. The minimum Gasteiger partial charge on any atom is -0.497 e. The first kappa shape index (κ1) is 17.3. The molecule has 1 aliphatic rings. The number of fused-ring (bicyclic) bond motifs is 1. The monoisotopic (exact) mass is 366 g/mol. The molecule has 1 saturated heterocycles. The number of ether oxygens (including phenoxy) is 1. The lowest BCUT2D eigenvalue weighted by Crippen LogP contribution is -2.45. The van der Waals surface area contributed by atoms with E-state index in [4.69, 9.17) is 4.74 Å². The van der Waals surface area contributed by atoms with Gasteiger partial charge in [0.25, 0.3) is 5.91 Å². The molecule has 0 saturated carbocycles. The fourth-order valence-electron chi connectivity index (χ4n) is 3.32. The summed E-state index contributed by atoms with van der Waals surface area (Å²) >= 11 is 0. The molecule has 1 amide bonds. The van der Waals surface area contributed by atoms with Crippen LogP contribution in [0.15, 0.2) is 36.4 Å². The zero-order valence-corrected chi connectivity index (χ0v) is 15.4. The summed E-state index contributed by atoms with van der Waals surface area (Å²) in [5.41, 5.74) is 1.39. The predicted octanol–water partition coefficient (Wildman–Crippen LogP) is 1.84. The third-order valence-electron chi connectivity index (χ3n) is 4.91. The maximum Gasteiger partial charge on any atom is 0.251 e. The Kier molecular flexibility index (Phi) is 4.62. The number of carbonyl (C=O) groups excluding carboxylic acids is 1. The quantitative estimate of drug-likeness (QED) is 0.758. The van der Waals surface area contributed by atoms with Crippen molar-refractivity contribution in [2.75, 3.05) is 25.1 Å². The van der Waals surface area contributed by atoms with Gasteiger partial charge in [-0.3, -0.25) is 4.79 Å². The molecule has 8 nitrogen and oxygen atoms in total. The molecule has 1 aromatic carbocycles. The molecule has 1 N–H and O–H groups in total. The lowest BCUT2D eigenvalue weighted by molar-refractivity contribution is 0.0931. The number of hydrogen-bond acceptors (Lipinski definition) is 6. The number of nitrogens with one attached hydrogen (secondary N) is 1. The maximum absolute atomic E-state index is 12.4. The number of carbonyl (C=O) groups is 1. The molecule has 0 radical (unpaired) electrons. The van der Waals surface area contributed by atoms with Gasteiger partial charge in [-0.05, 0) is 56.2 Å². The van der Waals surface area contributed by atoms with E-state index in [1.54, 1.807) is 35.9 Å². The van der Waals surface area contributed by atoms with Gasteiger partial charge in [0.1, 0.15) is 11.6 Å². The van der Waals surface area contributed by atoms with Gasteiger partial charge in [0.15, 0.2) is 11.5 Å². The van der Waals surface area contributed by atoms with Crippen LogP contribution in [0.3, 0.4) is 0 Å². The van der Waals surface area contributed by atoms with E-state index in [1.807, 2.05) is 19.1 Å². The van der Waals surface area contributed by atoms with Crippen molar-refractivity contribution in [2.45, 2.75) is 25.8 Å². The number of amides is 1. The minimum absolute atomic E-state index is 0.0456. The largest absolute Gasteiger partial charge is 0.497 e. The van der Waals surface area contributed by atoms with Crippen molar-refractivity contribution in [2.24, 2.45) is 0 Å². The number of methoxy groups -OCH3 is 1. The van der Waals surface area contributed by atoms with Crippen molar-refractivity contribution in [1.82, 2.24) is 25.1 Å². The summed E-state index contributed by atoms with van der Waals surface area (Å²) in [7, 11) is 1.61. The van der Waals surface area contributed by atoms with E-state index in [9.17, 15) is 4.79 Å². The first-order valence-corrected chi connectivity index (χ1v) is 9.03. The smallest absolute Gasteiger partial charge is 0.251 e. The molecule has 0 atom stereocenters. The van der Waals surface area contributed by atoms with Crippen LogP contribution in [0, 0.1) is 6.92 Å². The fraction of sp³-hybridized carbons (Fsp3) is 0.368. The molecule has 3 aromatic rings. The lowest BCUT2D eigenvalue weighted by atomic mass is 10.0. The van der Waals surface area contributed by atoms with Gasteiger partial charge in [-0.1, -0.05) is 0 Å². The summed E-state index contributed by atoms with van der Waals surface area (Å²) in [4.78, 5) is 14.7. The molecule has 0 unspecified atom stereocenters. The molecule has 1 fully saturated rings. The van der Waals surface area contributed by atoms with Crippen LogP contribution in [-0.2, 0) is 0 Å². The second-order valence-corrected chi connectivity index (χ2v) is 6.67. The molecule has 2 aromatic heterocycles. The van der Waals surface area contributed by atoms with Gasteiger partial charge in [-0.25, -0.2) is 0 Å². The number of aromatic nitrogens is 4. The van der Waals surface area contributed by atoms with Crippen LogP contribution >= 0.6 is 0 Å². The van der Waals surface area contributed by atoms with Crippen molar-refractivity contribution in [1.29, 1.82) is 0 Å². The Morgan fingerprint density at radius 3 is 2.56 bits per heavy atom. The van der Waals surface area contributed by atoms with Crippen molar-refractivity contribution >= 4 is 17.4 Å². The molecule has 4 rings (SSSR count). The van der Waals surface area contributed by atoms with E-state index in [1.165, 1.54) is 0 Å². The SMILES string of the molecule is COc1ccc(C(=O)NC2CCN(c3ccc4nnc(C)n4n3)CC2)cc1. The number of benzene rings is 1. The second kappa shape index (κ2) is 7.22. The Bertz CT molecular complexity index is 944. The zero-order chi connectivity index (χ0) is 18.8. The standard InChI is InChI=1S/C19H22N6O2/c1-13-21-22-17-7-8-18(23-25(13)17)24-11-9-15(10-12-24)20-19(26)14-3-5-16(27-2)6-4-14/h3-8,15H,9-12H2,1-2H3,(H,20,26). The van der Waals surface area contributed by atoms with E-state index < -0.39 is 0 Å².